The molecule has 5 nitrogen and oxygen atoms in total. The van der Waals surface area contributed by atoms with E-state index in [1.165, 1.54) is 6.33 Å². The summed E-state index contributed by atoms with van der Waals surface area (Å²) in [7, 11) is 1.84. The lowest BCUT2D eigenvalue weighted by molar-refractivity contribution is 0.285. The van der Waals surface area contributed by atoms with Crippen LogP contribution in [-0.4, -0.2) is 27.4 Å². The van der Waals surface area contributed by atoms with Gasteiger partial charge in [0.05, 0.1) is 0 Å². The smallest absolute Gasteiger partial charge is 0.138 e. The largest absolute Gasteiger partial charge is 0.492 e. The number of hydrogen-bond donors (Lipinski definition) is 1. The normalized spacial score (nSPS) is 12.4. The minimum Gasteiger partial charge on any atom is -0.492 e. The van der Waals surface area contributed by atoms with Crippen molar-refractivity contribution >= 4 is 11.6 Å². The van der Waals surface area contributed by atoms with Crippen LogP contribution >= 0.6 is 11.6 Å². The topological polar surface area (TPSA) is 66.0 Å². The third-order valence-electron chi connectivity index (χ3n) is 2.53. The number of rotatable bonds is 5. The maximum atomic E-state index is 5.98. The molecule has 0 bridgehead atoms. The zero-order valence-electron chi connectivity index (χ0n) is 10.1. The third-order valence-corrected chi connectivity index (χ3v) is 2.78. The van der Waals surface area contributed by atoms with Gasteiger partial charge in [0, 0.05) is 24.5 Å². The number of benzene rings is 1. The first-order valence-electron chi connectivity index (χ1n) is 5.62. The van der Waals surface area contributed by atoms with E-state index in [0.29, 0.717) is 18.1 Å². The highest BCUT2D eigenvalue weighted by atomic mass is 35.5. The Balaban J connectivity index is 1.83. The lowest BCUT2D eigenvalue weighted by Crippen LogP contribution is -2.31. The van der Waals surface area contributed by atoms with Gasteiger partial charge < -0.3 is 10.5 Å². The number of hydrogen-bond acceptors (Lipinski definition) is 4. The molecule has 1 atom stereocenters. The van der Waals surface area contributed by atoms with Crippen molar-refractivity contribution in [3.63, 3.8) is 0 Å². The summed E-state index contributed by atoms with van der Waals surface area (Å²) in [5, 5.41) is 4.68. The average Bonchev–Trinajstić information content (AvgIpc) is 2.74. The van der Waals surface area contributed by atoms with E-state index in [4.69, 9.17) is 22.1 Å². The highest BCUT2D eigenvalue weighted by Crippen LogP contribution is 2.15. The Morgan fingerprint density at radius 3 is 2.72 bits per heavy atom. The average molecular weight is 267 g/mol. The molecule has 0 spiro atoms. The molecule has 96 valence electrons. The lowest BCUT2D eigenvalue weighted by Gasteiger charge is -2.12. The Morgan fingerprint density at radius 2 is 2.11 bits per heavy atom. The summed E-state index contributed by atoms with van der Waals surface area (Å²) in [6.07, 6.45) is 2.15. The molecule has 2 aromatic rings. The predicted molar refractivity (Wildman–Crippen MR) is 69.6 cm³/mol. The van der Waals surface area contributed by atoms with E-state index < -0.39 is 0 Å². The minimum absolute atomic E-state index is 0.122. The fourth-order valence-electron chi connectivity index (χ4n) is 1.53. The first-order chi connectivity index (χ1) is 8.65. The van der Waals surface area contributed by atoms with Crippen molar-refractivity contribution < 1.29 is 4.74 Å². The Hall–Kier alpha value is -1.59. The maximum Gasteiger partial charge on any atom is 0.138 e. The molecule has 0 fully saturated rings. The molecule has 0 saturated carbocycles. The van der Waals surface area contributed by atoms with Gasteiger partial charge in [-0.3, -0.25) is 4.68 Å². The van der Waals surface area contributed by atoms with Crippen LogP contribution in [0, 0.1) is 0 Å². The first-order valence-corrected chi connectivity index (χ1v) is 6.00. The van der Waals surface area contributed by atoms with Crippen LogP contribution in [0.1, 0.15) is 5.82 Å². The molecule has 6 heteroatoms. The van der Waals surface area contributed by atoms with E-state index in [2.05, 4.69) is 10.1 Å². The molecule has 0 aliphatic heterocycles. The molecular weight excluding hydrogens is 252 g/mol. The molecule has 0 saturated heterocycles. The zero-order valence-corrected chi connectivity index (χ0v) is 10.8. The highest BCUT2D eigenvalue weighted by Gasteiger charge is 2.09. The van der Waals surface area contributed by atoms with E-state index in [0.717, 1.165) is 11.6 Å². The summed E-state index contributed by atoms with van der Waals surface area (Å²) >= 11 is 5.79. The molecule has 2 rings (SSSR count). The van der Waals surface area contributed by atoms with Gasteiger partial charge in [0.1, 0.15) is 24.5 Å². The second-order valence-electron chi connectivity index (χ2n) is 4.03. The van der Waals surface area contributed by atoms with E-state index in [9.17, 15) is 0 Å². The Bertz CT molecular complexity index is 497. The van der Waals surface area contributed by atoms with Gasteiger partial charge >= 0.3 is 0 Å². The summed E-state index contributed by atoms with van der Waals surface area (Å²) < 4.78 is 7.28. The van der Waals surface area contributed by atoms with Crippen molar-refractivity contribution in [2.24, 2.45) is 12.8 Å². The quantitative estimate of drug-likeness (QED) is 0.889. The van der Waals surface area contributed by atoms with Gasteiger partial charge in [0.2, 0.25) is 0 Å². The van der Waals surface area contributed by atoms with E-state index in [-0.39, 0.29) is 6.04 Å². The van der Waals surface area contributed by atoms with Gasteiger partial charge in [-0.15, -0.1) is 0 Å². The lowest BCUT2D eigenvalue weighted by atomic mass is 10.2. The van der Waals surface area contributed by atoms with Gasteiger partial charge in [-0.1, -0.05) is 11.6 Å². The Labute approximate surface area is 111 Å². The van der Waals surface area contributed by atoms with Crippen LogP contribution in [-0.2, 0) is 13.5 Å². The first kappa shape index (κ1) is 12.9. The fraction of sp³-hybridized carbons (Fsp3) is 0.333. The van der Waals surface area contributed by atoms with Crippen molar-refractivity contribution in [2.45, 2.75) is 12.5 Å². The van der Waals surface area contributed by atoms with Crippen LogP contribution in [0.5, 0.6) is 5.75 Å². The monoisotopic (exact) mass is 266 g/mol. The van der Waals surface area contributed by atoms with Crippen molar-refractivity contribution in [2.75, 3.05) is 6.61 Å². The van der Waals surface area contributed by atoms with Crippen LogP contribution in [0.4, 0.5) is 0 Å². The van der Waals surface area contributed by atoms with Crippen molar-refractivity contribution in [3.8, 4) is 5.75 Å². The van der Waals surface area contributed by atoms with E-state index in [1.807, 2.05) is 19.2 Å². The zero-order chi connectivity index (χ0) is 13.0. The maximum absolute atomic E-state index is 5.98. The summed E-state index contributed by atoms with van der Waals surface area (Å²) in [6, 6.07) is 7.08. The number of ether oxygens (including phenoxy) is 1. The number of nitrogens with zero attached hydrogens (tertiary/aromatic N) is 3. The van der Waals surface area contributed by atoms with Crippen LogP contribution in [0.3, 0.4) is 0 Å². The Morgan fingerprint density at radius 1 is 1.39 bits per heavy atom. The van der Waals surface area contributed by atoms with Gasteiger partial charge in [-0.05, 0) is 24.3 Å². The molecule has 1 heterocycles. The highest BCUT2D eigenvalue weighted by molar-refractivity contribution is 6.30. The van der Waals surface area contributed by atoms with Gasteiger partial charge in [0.15, 0.2) is 0 Å². The molecule has 0 amide bonds. The van der Waals surface area contributed by atoms with Crippen LogP contribution in [0.2, 0.25) is 5.02 Å². The van der Waals surface area contributed by atoms with Gasteiger partial charge in [-0.2, -0.15) is 5.10 Å². The second-order valence-corrected chi connectivity index (χ2v) is 4.47. The second kappa shape index (κ2) is 5.84. The van der Waals surface area contributed by atoms with E-state index >= 15 is 0 Å². The Kier molecular flexibility index (Phi) is 4.17. The number of nitrogens with two attached hydrogens (primary N) is 1. The SMILES string of the molecule is Cn1ncnc1CC(N)COc1ccc(Cl)cc1. The summed E-state index contributed by atoms with van der Waals surface area (Å²) in [4.78, 5) is 4.12. The predicted octanol–water partition coefficient (Wildman–Crippen LogP) is 1.42. The van der Waals surface area contributed by atoms with Gasteiger partial charge in [0.25, 0.3) is 0 Å². The molecule has 1 aromatic carbocycles. The number of halogens is 1. The minimum atomic E-state index is -0.122. The molecule has 0 radical (unpaired) electrons. The van der Waals surface area contributed by atoms with Crippen LogP contribution in [0.25, 0.3) is 0 Å². The number of aryl methyl sites for hydroxylation is 1. The van der Waals surface area contributed by atoms with Gasteiger partial charge in [-0.25, -0.2) is 4.98 Å². The molecule has 1 unspecified atom stereocenters. The van der Waals surface area contributed by atoms with Crippen molar-refractivity contribution in [1.29, 1.82) is 0 Å². The van der Waals surface area contributed by atoms with Crippen LogP contribution < -0.4 is 10.5 Å². The summed E-state index contributed by atoms with van der Waals surface area (Å²) in [5.74, 6) is 1.61. The fourth-order valence-corrected chi connectivity index (χ4v) is 1.66. The molecule has 2 N–H and O–H groups in total. The van der Waals surface area contributed by atoms with Crippen LogP contribution in [0.15, 0.2) is 30.6 Å². The van der Waals surface area contributed by atoms with Crippen molar-refractivity contribution in [1.82, 2.24) is 14.8 Å². The standard InChI is InChI=1S/C12H15ClN4O/c1-17-12(15-8-16-17)6-10(14)7-18-11-4-2-9(13)3-5-11/h2-5,8,10H,6-7,14H2,1H3. The number of aromatic nitrogens is 3. The molecule has 0 aliphatic carbocycles. The summed E-state index contributed by atoms with van der Waals surface area (Å²) in [6.45, 7) is 0.425. The molecular formula is C12H15ClN4O. The van der Waals surface area contributed by atoms with Crippen molar-refractivity contribution in [3.05, 3.63) is 41.4 Å². The summed E-state index contributed by atoms with van der Waals surface area (Å²) in [5.41, 5.74) is 5.98. The molecule has 0 aliphatic rings. The van der Waals surface area contributed by atoms with E-state index in [1.54, 1.807) is 16.8 Å². The third kappa shape index (κ3) is 3.45. The molecule has 18 heavy (non-hydrogen) atoms. The molecule has 1 aromatic heterocycles.